The second kappa shape index (κ2) is 9.20. The van der Waals surface area contributed by atoms with E-state index in [0.29, 0.717) is 37.1 Å². The predicted octanol–water partition coefficient (Wildman–Crippen LogP) is 6.09. The molecular formula is C23H17Br2NO6S. The Kier molecular flexibility index (Phi) is 6.51. The molecule has 7 nitrogen and oxygen atoms in total. The van der Waals surface area contributed by atoms with Gasteiger partial charge in [-0.3, -0.25) is 0 Å². The first-order chi connectivity index (χ1) is 15.6. The smallest absolute Gasteiger partial charge is 0.341 e. The van der Waals surface area contributed by atoms with Crippen LogP contribution in [0.5, 0.6) is 17.2 Å². The zero-order chi connectivity index (χ0) is 23.8. The van der Waals surface area contributed by atoms with Crippen molar-refractivity contribution in [3.05, 3.63) is 75.3 Å². The summed E-state index contributed by atoms with van der Waals surface area (Å²) in [5.41, 5.74) is 1.63. The highest BCUT2D eigenvalue weighted by atomic mass is 79.9. The minimum atomic E-state index is -3.73. The predicted molar refractivity (Wildman–Crippen MR) is 130 cm³/mol. The number of fused-ring (bicyclic) bond motifs is 1. The summed E-state index contributed by atoms with van der Waals surface area (Å²) in [6, 6.07) is 15.0. The summed E-state index contributed by atoms with van der Waals surface area (Å²) in [6.07, 6.45) is 1.48. The number of carboxylic acid groups (broad SMARTS) is 1. The van der Waals surface area contributed by atoms with Gasteiger partial charge in [-0.2, -0.15) is 0 Å². The maximum Gasteiger partial charge on any atom is 0.341 e. The lowest BCUT2D eigenvalue weighted by Gasteiger charge is -2.12. The van der Waals surface area contributed by atoms with Gasteiger partial charge < -0.3 is 19.6 Å². The highest BCUT2D eigenvalue weighted by molar-refractivity contribution is 9.11. The molecule has 4 aromatic rings. The number of hydrogen-bond acceptors (Lipinski definition) is 5. The standard InChI is InChI=1S/C23H17Br2NO6S/c1-13-2-5-16(6-3-13)33(29,30)21-11-26-20-7-4-14(8-17(20)21)32-23-18(24)9-15(10-19(23)25)31-12-22(27)28/h2-11,26H,12H2,1H3,(H,27,28). The number of aromatic nitrogens is 1. The van der Waals surface area contributed by atoms with Gasteiger partial charge in [0.25, 0.3) is 0 Å². The topological polar surface area (TPSA) is 106 Å². The van der Waals surface area contributed by atoms with Gasteiger partial charge in [-0.15, -0.1) is 0 Å². The fourth-order valence-electron chi connectivity index (χ4n) is 3.18. The van der Waals surface area contributed by atoms with Gasteiger partial charge in [-0.05, 0) is 81.2 Å². The second-order valence-electron chi connectivity index (χ2n) is 7.18. The molecule has 0 saturated carbocycles. The number of ether oxygens (including phenoxy) is 2. The number of benzene rings is 3. The molecule has 0 amide bonds. The Hall–Kier alpha value is -2.82. The average Bonchev–Trinajstić information content (AvgIpc) is 3.19. The summed E-state index contributed by atoms with van der Waals surface area (Å²) in [5, 5.41) is 9.28. The van der Waals surface area contributed by atoms with E-state index < -0.39 is 22.4 Å². The molecule has 4 rings (SSSR count). The van der Waals surface area contributed by atoms with Crippen molar-refractivity contribution in [2.45, 2.75) is 16.7 Å². The molecule has 170 valence electrons. The molecule has 2 N–H and O–H groups in total. The highest BCUT2D eigenvalue weighted by Gasteiger charge is 2.22. The maximum absolute atomic E-state index is 13.2. The molecular weight excluding hydrogens is 578 g/mol. The number of carboxylic acids is 1. The molecule has 0 saturated heterocycles. The van der Waals surface area contributed by atoms with E-state index in [-0.39, 0.29) is 9.79 Å². The molecule has 3 aromatic carbocycles. The number of rotatable bonds is 7. The van der Waals surface area contributed by atoms with Crippen molar-refractivity contribution in [2.24, 2.45) is 0 Å². The van der Waals surface area contributed by atoms with Crippen molar-refractivity contribution in [2.75, 3.05) is 6.61 Å². The van der Waals surface area contributed by atoms with E-state index >= 15 is 0 Å². The summed E-state index contributed by atoms with van der Waals surface area (Å²) >= 11 is 6.81. The number of aliphatic carboxylic acids is 1. The number of halogens is 2. The number of nitrogens with one attached hydrogen (secondary N) is 1. The molecule has 0 spiro atoms. The van der Waals surface area contributed by atoms with Crippen LogP contribution in [-0.2, 0) is 14.6 Å². The van der Waals surface area contributed by atoms with Crippen LogP contribution in [0.2, 0.25) is 0 Å². The Bertz CT molecular complexity index is 1440. The van der Waals surface area contributed by atoms with Gasteiger partial charge in [0.05, 0.1) is 18.7 Å². The number of hydrogen-bond donors (Lipinski definition) is 2. The number of aromatic amines is 1. The summed E-state index contributed by atoms with van der Waals surface area (Å²) in [6.45, 7) is 1.42. The average molecular weight is 595 g/mol. The fourth-order valence-corrected chi connectivity index (χ4v) is 5.91. The number of carbonyl (C=O) groups is 1. The van der Waals surface area contributed by atoms with E-state index in [1.807, 2.05) is 6.92 Å². The minimum Gasteiger partial charge on any atom is -0.482 e. The van der Waals surface area contributed by atoms with Crippen LogP contribution in [0.3, 0.4) is 0 Å². The van der Waals surface area contributed by atoms with Gasteiger partial charge in [-0.1, -0.05) is 17.7 Å². The minimum absolute atomic E-state index is 0.155. The summed E-state index contributed by atoms with van der Waals surface area (Å²) < 4.78 is 38.7. The lowest BCUT2D eigenvalue weighted by Crippen LogP contribution is -2.09. The van der Waals surface area contributed by atoms with E-state index in [9.17, 15) is 13.2 Å². The van der Waals surface area contributed by atoms with Gasteiger partial charge in [0.15, 0.2) is 12.4 Å². The molecule has 0 unspecified atom stereocenters. The molecule has 33 heavy (non-hydrogen) atoms. The zero-order valence-electron chi connectivity index (χ0n) is 17.1. The molecule has 1 aromatic heterocycles. The first-order valence-electron chi connectivity index (χ1n) is 9.59. The van der Waals surface area contributed by atoms with Gasteiger partial charge in [0.2, 0.25) is 9.84 Å². The summed E-state index contributed by atoms with van der Waals surface area (Å²) in [5.74, 6) is 0.105. The SMILES string of the molecule is Cc1ccc(S(=O)(=O)c2c[nH]c3ccc(Oc4c(Br)cc(OCC(=O)O)cc4Br)cc23)cc1. The molecule has 0 radical (unpaired) electrons. The zero-order valence-corrected chi connectivity index (χ0v) is 21.1. The number of sulfone groups is 1. The largest absolute Gasteiger partial charge is 0.482 e. The van der Waals surface area contributed by atoms with E-state index in [4.69, 9.17) is 14.6 Å². The Morgan fingerprint density at radius 1 is 1.00 bits per heavy atom. The lowest BCUT2D eigenvalue weighted by molar-refractivity contribution is -0.139. The van der Waals surface area contributed by atoms with Crippen molar-refractivity contribution in [1.82, 2.24) is 4.98 Å². The van der Waals surface area contributed by atoms with Crippen LogP contribution in [0.1, 0.15) is 5.56 Å². The van der Waals surface area contributed by atoms with Gasteiger partial charge in [-0.25, -0.2) is 13.2 Å². The third-order valence-electron chi connectivity index (χ3n) is 4.79. The van der Waals surface area contributed by atoms with Crippen LogP contribution >= 0.6 is 31.9 Å². The molecule has 0 aliphatic carbocycles. The van der Waals surface area contributed by atoms with E-state index in [1.165, 1.54) is 6.20 Å². The van der Waals surface area contributed by atoms with Crippen LogP contribution in [0.15, 0.2) is 79.5 Å². The molecule has 10 heteroatoms. The second-order valence-corrected chi connectivity index (χ2v) is 10.8. The first-order valence-corrected chi connectivity index (χ1v) is 12.7. The molecule has 0 fully saturated rings. The van der Waals surface area contributed by atoms with Gasteiger partial charge >= 0.3 is 5.97 Å². The van der Waals surface area contributed by atoms with Crippen LogP contribution in [0.4, 0.5) is 0 Å². The monoisotopic (exact) mass is 593 g/mol. The van der Waals surface area contributed by atoms with E-state index in [2.05, 4.69) is 36.8 Å². The first kappa shape index (κ1) is 23.3. The van der Waals surface area contributed by atoms with E-state index in [0.717, 1.165) is 5.56 Å². The Balaban J connectivity index is 1.68. The Labute approximate surface area is 206 Å². The molecule has 0 aliphatic rings. The fraction of sp³-hybridized carbons (Fsp3) is 0.0870. The molecule has 0 bridgehead atoms. The van der Waals surface area contributed by atoms with Gasteiger partial charge in [0, 0.05) is 17.1 Å². The van der Waals surface area contributed by atoms with Crippen molar-refractivity contribution in [1.29, 1.82) is 0 Å². The Morgan fingerprint density at radius 2 is 1.67 bits per heavy atom. The number of H-pyrrole nitrogens is 1. The van der Waals surface area contributed by atoms with Crippen LogP contribution < -0.4 is 9.47 Å². The van der Waals surface area contributed by atoms with Crippen LogP contribution in [-0.4, -0.2) is 31.1 Å². The van der Waals surface area contributed by atoms with Crippen LogP contribution in [0.25, 0.3) is 10.9 Å². The Morgan fingerprint density at radius 3 is 2.30 bits per heavy atom. The van der Waals surface area contributed by atoms with E-state index in [1.54, 1.807) is 54.6 Å². The molecule has 1 heterocycles. The van der Waals surface area contributed by atoms with Crippen molar-refractivity contribution in [3.63, 3.8) is 0 Å². The summed E-state index contributed by atoms with van der Waals surface area (Å²) in [4.78, 5) is 14.1. The maximum atomic E-state index is 13.2. The molecule has 0 atom stereocenters. The quantitative estimate of drug-likeness (QED) is 0.268. The van der Waals surface area contributed by atoms with Gasteiger partial charge in [0.1, 0.15) is 11.5 Å². The third kappa shape index (κ3) is 4.92. The van der Waals surface area contributed by atoms with Crippen molar-refractivity contribution >= 4 is 58.6 Å². The normalized spacial score (nSPS) is 11.5. The van der Waals surface area contributed by atoms with Crippen molar-refractivity contribution < 1.29 is 27.8 Å². The number of aryl methyl sites for hydroxylation is 1. The highest BCUT2D eigenvalue weighted by Crippen LogP contribution is 2.41. The summed E-state index contributed by atoms with van der Waals surface area (Å²) in [7, 11) is -3.73. The molecule has 0 aliphatic heterocycles. The third-order valence-corrected chi connectivity index (χ3v) is 7.78. The van der Waals surface area contributed by atoms with Crippen molar-refractivity contribution in [3.8, 4) is 17.2 Å². The van der Waals surface area contributed by atoms with Crippen LogP contribution in [0, 0.1) is 6.92 Å². The lowest BCUT2D eigenvalue weighted by atomic mass is 10.2.